The molecule has 2 aromatic rings. The van der Waals surface area contributed by atoms with E-state index in [0.717, 1.165) is 11.1 Å². The summed E-state index contributed by atoms with van der Waals surface area (Å²) in [6, 6.07) is 13.7. The largest absolute Gasteiger partial charge is 0.507 e. The lowest BCUT2D eigenvalue weighted by Gasteiger charge is -2.25. The third kappa shape index (κ3) is 5.43. The molecule has 0 spiro atoms. The van der Waals surface area contributed by atoms with Gasteiger partial charge in [-0.1, -0.05) is 38.1 Å². The van der Waals surface area contributed by atoms with Gasteiger partial charge in [-0.3, -0.25) is 9.59 Å². The van der Waals surface area contributed by atoms with Crippen LogP contribution in [0.25, 0.3) is 5.76 Å². The monoisotopic (exact) mass is 453 g/mol. The maximum atomic E-state index is 13.0. The van der Waals surface area contributed by atoms with Gasteiger partial charge in [0.1, 0.15) is 11.5 Å². The minimum atomic E-state index is -0.740. The number of nitrogens with zero attached hydrogens (tertiary/aromatic N) is 1. The Morgan fingerprint density at radius 1 is 1.03 bits per heavy atom. The van der Waals surface area contributed by atoms with E-state index in [1.165, 1.54) is 4.90 Å². The molecule has 1 heterocycles. The highest BCUT2D eigenvalue weighted by atomic mass is 16.5. The molecule has 0 saturated carbocycles. The number of rotatable bonds is 10. The quantitative estimate of drug-likeness (QED) is 0.247. The molecule has 2 aromatic carbocycles. The van der Waals surface area contributed by atoms with Crippen LogP contribution < -0.4 is 4.74 Å². The van der Waals surface area contributed by atoms with Gasteiger partial charge in [0.25, 0.3) is 11.7 Å². The molecule has 0 aromatic heterocycles. The van der Waals surface area contributed by atoms with Crippen molar-refractivity contribution in [2.45, 2.75) is 32.7 Å². The average Bonchev–Trinajstić information content (AvgIpc) is 3.07. The van der Waals surface area contributed by atoms with Gasteiger partial charge in [0, 0.05) is 12.1 Å². The fourth-order valence-corrected chi connectivity index (χ4v) is 3.88. The van der Waals surface area contributed by atoms with Gasteiger partial charge in [-0.05, 0) is 48.2 Å². The number of amides is 1. The number of carbonyl (C=O) groups excluding carboxylic acids is 2. The molecular formula is C26H31NO6. The highest BCUT2D eigenvalue weighted by molar-refractivity contribution is 6.46. The number of ketones is 1. The first-order chi connectivity index (χ1) is 15.9. The van der Waals surface area contributed by atoms with Crippen molar-refractivity contribution < 1.29 is 29.3 Å². The normalized spacial score (nSPS) is 17.7. The Morgan fingerprint density at radius 3 is 2.27 bits per heavy atom. The SMILES string of the molecule is CCOc1ccc(/C(O)=C2/C(=O)C(=O)N(CCOCCO)C2c2ccc(C(C)C)cc2)cc1. The molecule has 0 aliphatic carbocycles. The van der Waals surface area contributed by atoms with Crippen LogP contribution in [0.1, 0.15) is 49.4 Å². The van der Waals surface area contributed by atoms with E-state index in [1.54, 1.807) is 24.3 Å². The van der Waals surface area contributed by atoms with Crippen LogP contribution >= 0.6 is 0 Å². The number of Topliss-reactive ketones (excluding diaryl/α,β-unsaturated/α-hetero) is 1. The number of ether oxygens (including phenoxy) is 2. The number of likely N-dealkylation sites (tertiary alicyclic amines) is 1. The van der Waals surface area contributed by atoms with Gasteiger partial charge in [-0.15, -0.1) is 0 Å². The molecule has 1 saturated heterocycles. The molecule has 1 aliphatic heterocycles. The zero-order chi connectivity index (χ0) is 24.0. The van der Waals surface area contributed by atoms with Crippen LogP contribution in [0.15, 0.2) is 54.1 Å². The summed E-state index contributed by atoms with van der Waals surface area (Å²) in [6.07, 6.45) is 0. The predicted molar refractivity (Wildman–Crippen MR) is 125 cm³/mol. The number of aliphatic hydroxyl groups excluding tert-OH is 2. The average molecular weight is 454 g/mol. The highest BCUT2D eigenvalue weighted by Crippen LogP contribution is 2.39. The van der Waals surface area contributed by atoms with Crippen molar-refractivity contribution in [2.24, 2.45) is 0 Å². The fourth-order valence-electron chi connectivity index (χ4n) is 3.88. The molecule has 1 aliphatic rings. The maximum Gasteiger partial charge on any atom is 0.295 e. The third-order valence-corrected chi connectivity index (χ3v) is 5.61. The Balaban J connectivity index is 2.03. The molecular weight excluding hydrogens is 422 g/mol. The van der Waals surface area contributed by atoms with Gasteiger partial charge in [-0.25, -0.2) is 0 Å². The van der Waals surface area contributed by atoms with E-state index in [0.29, 0.717) is 23.8 Å². The molecule has 0 radical (unpaired) electrons. The van der Waals surface area contributed by atoms with Crippen LogP contribution in [0.2, 0.25) is 0 Å². The third-order valence-electron chi connectivity index (χ3n) is 5.61. The Kier molecular flexibility index (Phi) is 8.25. The topological polar surface area (TPSA) is 96.3 Å². The lowest BCUT2D eigenvalue weighted by Crippen LogP contribution is -2.33. The molecule has 1 amide bonds. The van der Waals surface area contributed by atoms with Crippen LogP contribution in [0.4, 0.5) is 0 Å². The molecule has 7 nitrogen and oxygen atoms in total. The summed E-state index contributed by atoms with van der Waals surface area (Å²) < 4.78 is 10.8. The summed E-state index contributed by atoms with van der Waals surface area (Å²) in [4.78, 5) is 27.4. The number of hydrogen-bond acceptors (Lipinski definition) is 6. The minimum Gasteiger partial charge on any atom is -0.507 e. The molecule has 1 fully saturated rings. The van der Waals surface area contributed by atoms with Crippen molar-refractivity contribution in [1.82, 2.24) is 4.90 Å². The highest BCUT2D eigenvalue weighted by Gasteiger charge is 2.45. The van der Waals surface area contributed by atoms with E-state index >= 15 is 0 Å². The Labute approximate surface area is 194 Å². The Morgan fingerprint density at radius 2 is 1.70 bits per heavy atom. The molecule has 176 valence electrons. The van der Waals surface area contributed by atoms with Gasteiger partial charge in [-0.2, -0.15) is 0 Å². The van der Waals surface area contributed by atoms with E-state index in [1.807, 2.05) is 31.2 Å². The van der Waals surface area contributed by atoms with Gasteiger partial charge < -0.3 is 24.6 Å². The first kappa shape index (κ1) is 24.5. The predicted octanol–water partition coefficient (Wildman–Crippen LogP) is 3.64. The van der Waals surface area contributed by atoms with Crippen molar-refractivity contribution in [1.29, 1.82) is 0 Å². The van der Waals surface area contributed by atoms with Crippen LogP contribution in [-0.4, -0.2) is 59.8 Å². The van der Waals surface area contributed by atoms with Crippen LogP contribution in [0.3, 0.4) is 0 Å². The molecule has 1 unspecified atom stereocenters. The van der Waals surface area contributed by atoms with E-state index in [9.17, 15) is 14.7 Å². The summed E-state index contributed by atoms with van der Waals surface area (Å²) in [5.41, 5.74) is 2.34. The number of aliphatic hydroxyl groups is 2. The maximum absolute atomic E-state index is 13.0. The number of carbonyl (C=O) groups is 2. The van der Waals surface area contributed by atoms with Crippen molar-refractivity contribution in [3.63, 3.8) is 0 Å². The second kappa shape index (κ2) is 11.1. The van der Waals surface area contributed by atoms with Gasteiger partial charge in [0.2, 0.25) is 0 Å². The van der Waals surface area contributed by atoms with E-state index in [-0.39, 0.29) is 37.7 Å². The molecule has 0 bridgehead atoms. The summed E-state index contributed by atoms with van der Waals surface area (Å²) in [5.74, 6) is -0.667. The standard InChI is InChI=1S/C26H31NO6/c1-4-33-21-11-9-20(10-12-21)24(29)22-23(19-7-5-18(6-8-19)17(2)3)27(26(31)25(22)30)13-15-32-16-14-28/h5-12,17,23,28-29H,4,13-16H2,1-3H3/b24-22-. The van der Waals surface area contributed by atoms with Crippen molar-refractivity contribution in [3.8, 4) is 5.75 Å². The number of hydrogen-bond donors (Lipinski definition) is 2. The summed E-state index contributed by atoms with van der Waals surface area (Å²) in [5, 5.41) is 20.0. The second-order valence-electron chi connectivity index (χ2n) is 8.11. The summed E-state index contributed by atoms with van der Waals surface area (Å²) >= 11 is 0. The zero-order valence-corrected chi connectivity index (χ0v) is 19.3. The Hall–Kier alpha value is -3.16. The molecule has 33 heavy (non-hydrogen) atoms. The van der Waals surface area contributed by atoms with Crippen LogP contribution in [0, 0.1) is 0 Å². The Bertz CT molecular complexity index is 994. The number of benzene rings is 2. The van der Waals surface area contributed by atoms with E-state index in [2.05, 4.69) is 13.8 Å². The second-order valence-corrected chi connectivity index (χ2v) is 8.11. The van der Waals surface area contributed by atoms with Gasteiger partial charge in [0.15, 0.2) is 0 Å². The van der Waals surface area contributed by atoms with Gasteiger partial charge in [0.05, 0.1) is 38.0 Å². The minimum absolute atomic E-state index is 0.0450. The molecule has 7 heteroatoms. The van der Waals surface area contributed by atoms with Crippen LogP contribution in [0.5, 0.6) is 5.75 Å². The van der Waals surface area contributed by atoms with Crippen molar-refractivity contribution in [3.05, 3.63) is 70.8 Å². The first-order valence-electron chi connectivity index (χ1n) is 11.2. The van der Waals surface area contributed by atoms with Crippen LogP contribution in [-0.2, 0) is 14.3 Å². The van der Waals surface area contributed by atoms with Crippen molar-refractivity contribution >= 4 is 17.4 Å². The zero-order valence-electron chi connectivity index (χ0n) is 19.3. The first-order valence-corrected chi connectivity index (χ1v) is 11.2. The van der Waals surface area contributed by atoms with E-state index in [4.69, 9.17) is 14.6 Å². The lowest BCUT2D eigenvalue weighted by atomic mass is 9.93. The molecule has 2 N–H and O–H groups in total. The smallest absolute Gasteiger partial charge is 0.295 e. The molecule has 3 rings (SSSR count). The van der Waals surface area contributed by atoms with Crippen molar-refractivity contribution in [2.75, 3.05) is 33.0 Å². The summed E-state index contributed by atoms with van der Waals surface area (Å²) in [7, 11) is 0. The molecule has 1 atom stereocenters. The fraction of sp³-hybridized carbons (Fsp3) is 0.385. The lowest BCUT2D eigenvalue weighted by molar-refractivity contribution is -0.140. The van der Waals surface area contributed by atoms with Gasteiger partial charge >= 0.3 is 0 Å². The summed E-state index contributed by atoms with van der Waals surface area (Å²) in [6.45, 7) is 6.90. The van der Waals surface area contributed by atoms with E-state index < -0.39 is 17.7 Å².